The van der Waals surface area contributed by atoms with Crippen molar-refractivity contribution in [1.29, 1.82) is 0 Å². The molecule has 3 amide bonds. The minimum atomic E-state index is -0.861. The van der Waals surface area contributed by atoms with Crippen LogP contribution in [0.1, 0.15) is 59.7 Å². The summed E-state index contributed by atoms with van der Waals surface area (Å²) in [6.07, 6.45) is 0.720. The third kappa shape index (κ3) is 4.62. The number of aliphatic hydroxyl groups is 2. The highest BCUT2D eigenvalue weighted by molar-refractivity contribution is 5.95. The zero-order valence-electron chi connectivity index (χ0n) is 19.8. The van der Waals surface area contributed by atoms with Crippen LogP contribution in [0.3, 0.4) is 0 Å². The van der Waals surface area contributed by atoms with Gasteiger partial charge in [0.25, 0.3) is 5.91 Å². The van der Waals surface area contributed by atoms with Crippen molar-refractivity contribution >= 4 is 17.6 Å². The topological polar surface area (TPSA) is 105 Å². The molecule has 1 aliphatic carbocycles. The Bertz CT molecular complexity index is 1150. The molecule has 8 nitrogen and oxygen atoms in total. The summed E-state index contributed by atoms with van der Waals surface area (Å²) in [5.74, 6) is -1.21. The maximum atomic E-state index is 15.4. The van der Waals surface area contributed by atoms with Crippen molar-refractivity contribution < 1.29 is 28.7 Å². The number of amides is 3. The van der Waals surface area contributed by atoms with Gasteiger partial charge in [0.15, 0.2) is 0 Å². The van der Waals surface area contributed by atoms with Crippen LogP contribution in [0.5, 0.6) is 0 Å². The second-order valence-corrected chi connectivity index (χ2v) is 10.0. The SMILES string of the molecule is O=C(NC1CC(O)C1)c1cc(CNC(=O)N2CCC3(CC2)CC(O)c2ccccc2N3F)ccc1F. The van der Waals surface area contributed by atoms with Gasteiger partial charge in [0.2, 0.25) is 0 Å². The molecule has 4 N–H and O–H groups in total. The highest BCUT2D eigenvalue weighted by Gasteiger charge is 2.47. The first-order valence-electron chi connectivity index (χ1n) is 12.3. The van der Waals surface area contributed by atoms with E-state index in [1.54, 1.807) is 29.2 Å². The van der Waals surface area contributed by atoms with Crippen molar-refractivity contribution in [1.82, 2.24) is 15.5 Å². The number of piperidine rings is 1. The molecule has 2 heterocycles. The van der Waals surface area contributed by atoms with Gasteiger partial charge in [0.1, 0.15) is 5.82 Å². The van der Waals surface area contributed by atoms with E-state index in [9.17, 15) is 24.2 Å². The third-order valence-electron chi connectivity index (χ3n) is 7.65. The average Bonchev–Trinajstić information content (AvgIpc) is 2.86. The molecule has 0 bridgehead atoms. The molecule has 36 heavy (non-hydrogen) atoms. The van der Waals surface area contributed by atoms with Gasteiger partial charge < -0.3 is 25.7 Å². The summed E-state index contributed by atoms with van der Waals surface area (Å²) in [6, 6.07) is 10.5. The summed E-state index contributed by atoms with van der Waals surface area (Å²) in [6.45, 7) is 0.751. The van der Waals surface area contributed by atoms with Crippen molar-refractivity contribution in [2.24, 2.45) is 0 Å². The molecular formula is C26H30F2N4O4. The zero-order chi connectivity index (χ0) is 25.4. The number of para-hydroxylation sites is 1. The van der Waals surface area contributed by atoms with Crippen LogP contribution in [0.2, 0.25) is 0 Å². The Morgan fingerprint density at radius 2 is 1.81 bits per heavy atom. The third-order valence-corrected chi connectivity index (χ3v) is 7.65. The molecule has 1 atom stereocenters. The second-order valence-electron chi connectivity index (χ2n) is 10.0. The number of hydrogen-bond acceptors (Lipinski definition) is 5. The second kappa shape index (κ2) is 9.67. The van der Waals surface area contributed by atoms with E-state index >= 15 is 4.48 Å². The van der Waals surface area contributed by atoms with Crippen molar-refractivity contribution in [2.75, 3.05) is 18.2 Å². The van der Waals surface area contributed by atoms with Crippen LogP contribution in [0.4, 0.5) is 19.4 Å². The molecule has 2 aliphatic heterocycles. The summed E-state index contributed by atoms with van der Waals surface area (Å²) in [4.78, 5) is 26.8. The first kappa shape index (κ1) is 24.5. The highest BCUT2D eigenvalue weighted by Crippen LogP contribution is 2.47. The molecular weight excluding hydrogens is 470 g/mol. The number of likely N-dealkylation sites (tertiary alicyclic amines) is 1. The predicted octanol–water partition coefficient (Wildman–Crippen LogP) is 2.95. The Balaban J connectivity index is 1.16. The molecule has 10 heteroatoms. The van der Waals surface area contributed by atoms with Crippen molar-refractivity contribution in [3.8, 4) is 0 Å². The Kier molecular flexibility index (Phi) is 6.57. The lowest BCUT2D eigenvalue weighted by Crippen LogP contribution is -2.57. The summed E-state index contributed by atoms with van der Waals surface area (Å²) in [7, 11) is 0. The lowest BCUT2D eigenvalue weighted by atomic mass is 9.77. The quantitative estimate of drug-likeness (QED) is 0.484. The molecule has 1 unspecified atom stereocenters. The number of fused-ring (bicyclic) bond motifs is 1. The van der Waals surface area contributed by atoms with Gasteiger partial charge in [0.05, 0.1) is 29.0 Å². The van der Waals surface area contributed by atoms with Gasteiger partial charge in [-0.1, -0.05) is 28.7 Å². The lowest BCUT2D eigenvalue weighted by Gasteiger charge is -2.49. The maximum Gasteiger partial charge on any atom is 0.317 e. The average molecular weight is 501 g/mol. The molecule has 2 aromatic carbocycles. The van der Waals surface area contributed by atoms with Crippen LogP contribution >= 0.6 is 0 Å². The van der Waals surface area contributed by atoms with Crippen LogP contribution in [0.25, 0.3) is 0 Å². The van der Waals surface area contributed by atoms with Gasteiger partial charge in [-0.05, 0) is 49.4 Å². The van der Waals surface area contributed by atoms with E-state index in [1.165, 1.54) is 18.2 Å². The van der Waals surface area contributed by atoms with Crippen LogP contribution in [0, 0.1) is 5.82 Å². The minimum absolute atomic E-state index is 0.102. The first-order chi connectivity index (χ1) is 17.3. The number of carbonyl (C=O) groups is 2. The minimum Gasteiger partial charge on any atom is -0.393 e. The van der Waals surface area contributed by atoms with E-state index in [2.05, 4.69) is 10.6 Å². The molecule has 0 radical (unpaired) electrons. The molecule has 1 spiro atoms. The number of nitrogens with one attached hydrogen (secondary N) is 2. The zero-order valence-corrected chi connectivity index (χ0v) is 19.8. The number of rotatable bonds is 4. The maximum absolute atomic E-state index is 15.4. The molecule has 1 saturated carbocycles. The van der Waals surface area contributed by atoms with Crippen LogP contribution in [-0.2, 0) is 6.54 Å². The number of nitrogens with zero attached hydrogens (tertiary/aromatic N) is 2. The molecule has 3 aliphatic rings. The standard InChI is InChI=1S/C26H30F2N4O4/c27-21-6-5-16(11-20(21)24(35)30-17-12-18(33)13-17)15-29-25(36)31-9-7-26(8-10-31)14-23(34)19-3-1-2-4-22(19)32(26)28/h1-6,11,17-18,23,33-34H,7-10,12-15H2,(H,29,36)(H,30,35). The van der Waals surface area contributed by atoms with Crippen LogP contribution in [-0.4, -0.2) is 57.8 Å². The van der Waals surface area contributed by atoms with E-state index in [1.807, 2.05) is 0 Å². The highest BCUT2D eigenvalue weighted by atomic mass is 19.2. The summed E-state index contributed by atoms with van der Waals surface area (Å²) in [5, 5.41) is 26.2. The number of benzene rings is 2. The summed E-state index contributed by atoms with van der Waals surface area (Å²) >= 11 is 0. The van der Waals surface area contributed by atoms with E-state index in [4.69, 9.17) is 0 Å². The van der Waals surface area contributed by atoms with E-state index in [-0.39, 0.29) is 30.6 Å². The van der Waals surface area contributed by atoms with Crippen molar-refractivity contribution in [2.45, 2.75) is 62.4 Å². The van der Waals surface area contributed by atoms with Gasteiger partial charge in [-0.3, -0.25) is 4.79 Å². The number of hydrogen-bond donors (Lipinski definition) is 4. The summed E-state index contributed by atoms with van der Waals surface area (Å²) in [5.41, 5.74) is 0.545. The van der Waals surface area contributed by atoms with Crippen molar-refractivity contribution in [3.63, 3.8) is 0 Å². The lowest BCUT2D eigenvalue weighted by molar-refractivity contribution is 0.0558. The molecule has 2 aromatic rings. The van der Waals surface area contributed by atoms with E-state index in [0.29, 0.717) is 55.6 Å². The molecule has 5 rings (SSSR count). The van der Waals surface area contributed by atoms with Gasteiger partial charge in [-0.25, -0.2) is 14.3 Å². The number of halogens is 2. The van der Waals surface area contributed by atoms with Gasteiger partial charge >= 0.3 is 6.03 Å². The monoisotopic (exact) mass is 500 g/mol. The normalized spacial score (nSPS) is 24.6. The number of aliphatic hydroxyl groups excluding tert-OH is 2. The smallest absolute Gasteiger partial charge is 0.317 e. The Morgan fingerprint density at radius 1 is 1.08 bits per heavy atom. The van der Waals surface area contributed by atoms with Gasteiger partial charge in [0, 0.05) is 37.7 Å². The van der Waals surface area contributed by atoms with Crippen molar-refractivity contribution in [3.05, 3.63) is 65.0 Å². The van der Waals surface area contributed by atoms with E-state index in [0.717, 1.165) is 5.12 Å². The Morgan fingerprint density at radius 3 is 2.53 bits per heavy atom. The number of anilines is 1. The predicted molar refractivity (Wildman–Crippen MR) is 128 cm³/mol. The van der Waals surface area contributed by atoms with Crippen LogP contribution < -0.4 is 15.8 Å². The number of urea groups is 1. The molecule has 192 valence electrons. The Labute approximate surface area is 207 Å². The van der Waals surface area contributed by atoms with Crippen LogP contribution in [0.15, 0.2) is 42.5 Å². The largest absolute Gasteiger partial charge is 0.393 e. The summed E-state index contributed by atoms with van der Waals surface area (Å²) < 4.78 is 29.6. The molecule has 0 aromatic heterocycles. The number of carbonyl (C=O) groups excluding carboxylic acids is 2. The molecule has 1 saturated heterocycles. The fraction of sp³-hybridized carbons (Fsp3) is 0.462. The first-order valence-corrected chi connectivity index (χ1v) is 12.3. The fourth-order valence-corrected chi connectivity index (χ4v) is 5.39. The van der Waals surface area contributed by atoms with Gasteiger partial charge in [-0.2, -0.15) is 0 Å². The molecule has 2 fully saturated rings. The fourth-order valence-electron chi connectivity index (χ4n) is 5.39. The van der Waals surface area contributed by atoms with E-state index < -0.39 is 29.5 Å². The Hall–Kier alpha value is -3.24. The van der Waals surface area contributed by atoms with Gasteiger partial charge in [-0.15, -0.1) is 0 Å².